The lowest BCUT2D eigenvalue weighted by atomic mass is 10.1. The van der Waals surface area contributed by atoms with E-state index in [0.29, 0.717) is 12.5 Å². The van der Waals surface area contributed by atoms with Crippen molar-refractivity contribution in [3.63, 3.8) is 0 Å². The van der Waals surface area contributed by atoms with Crippen LogP contribution in [0.5, 0.6) is 0 Å². The zero-order valence-electron chi connectivity index (χ0n) is 15.5. The van der Waals surface area contributed by atoms with E-state index in [-0.39, 0.29) is 0 Å². The minimum absolute atomic E-state index is 0.402. The van der Waals surface area contributed by atoms with Crippen LogP contribution in [0.2, 0.25) is 0 Å². The van der Waals surface area contributed by atoms with Crippen LogP contribution in [0.15, 0.2) is 6.07 Å². The summed E-state index contributed by atoms with van der Waals surface area (Å²) >= 11 is 1.51. The van der Waals surface area contributed by atoms with Gasteiger partial charge in [0.15, 0.2) is 0 Å². The van der Waals surface area contributed by atoms with Crippen LogP contribution in [0, 0.1) is 0 Å². The standard InChI is InChI=1S/C17H28N6OS/c1-12(2)17-16(25-20-18-17)11-22-6-5-7-23-13(9-22)8-14(19-23)15(24)10-21(3)4/h8,12,15,24H,5-7,9-11H2,1-4H3/t15-/m0/s1. The van der Waals surface area contributed by atoms with Crippen LogP contribution in [0.25, 0.3) is 0 Å². The van der Waals surface area contributed by atoms with Gasteiger partial charge in [-0.3, -0.25) is 9.58 Å². The van der Waals surface area contributed by atoms with E-state index in [1.54, 1.807) is 0 Å². The Hall–Kier alpha value is -1.35. The first kappa shape index (κ1) is 18.4. The van der Waals surface area contributed by atoms with Crippen LogP contribution in [0.3, 0.4) is 0 Å². The van der Waals surface area contributed by atoms with Crippen molar-refractivity contribution in [3.05, 3.63) is 28.0 Å². The number of hydrogen-bond donors (Lipinski definition) is 1. The van der Waals surface area contributed by atoms with E-state index in [1.807, 2.05) is 19.0 Å². The van der Waals surface area contributed by atoms with Crippen molar-refractivity contribution in [2.24, 2.45) is 0 Å². The second kappa shape index (κ2) is 7.90. The van der Waals surface area contributed by atoms with Crippen molar-refractivity contribution in [2.75, 3.05) is 27.2 Å². The molecule has 0 bridgehead atoms. The van der Waals surface area contributed by atoms with E-state index in [2.05, 4.69) is 44.2 Å². The third-order valence-electron chi connectivity index (χ3n) is 4.49. The number of aryl methyl sites for hydroxylation is 1. The highest BCUT2D eigenvalue weighted by molar-refractivity contribution is 7.05. The number of aromatic nitrogens is 4. The molecule has 8 heteroatoms. The fourth-order valence-corrected chi connectivity index (χ4v) is 4.09. The summed E-state index contributed by atoms with van der Waals surface area (Å²) in [6.07, 6.45) is 0.516. The van der Waals surface area contributed by atoms with Crippen LogP contribution >= 0.6 is 11.5 Å². The monoisotopic (exact) mass is 364 g/mol. The lowest BCUT2D eigenvalue weighted by molar-refractivity contribution is 0.133. The molecule has 3 rings (SSSR count). The normalized spacial score (nSPS) is 17.1. The smallest absolute Gasteiger partial charge is 0.110 e. The van der Waals surface area contributed by atoms with Gasteiger partial charge in [-0.25, -0.2) is 0 Å². The Labute approximate surface area is 153 Å². The van der Waals surface area contributed by atoms with Crippen molar-refractivity contribution in [1.29, 1.82) is 0 Å². The summed E-state index contributed by atoms with van der Waals surface area (Å²) in [6.45, 7) is 8.58. The Morgan fingerprint density at radius 1 is 1.32 bits per heavy atom. The predicted octanol–water partition coefficient (Wildman–Crippen LogP) is 1.86. The molecule has 2 aromatic heterocycles. The van der Waals surface area contributed by atoms with Crippen LogP contribution in [0.4, 0.5) is 0 Å². The molecular weight excluding hydrogens is 336 g/mol. The van der Waals surface area contributed by atoms with Gasteiger partial charge < -0.3 is 10.0 Å². The predicted molar refractivity (Wildman–Crippen MR) is 98.5 cm³/mol. The zero-order valence-corrected chi connectivity index (χ0v) is 16.3. The van der Waals surface area contributed by atoms with Gasteiger partial charge in [0.1, 0.15) is 6.10 Å². The number of fused-ring (bicyclic) bond motifs is 1. The van der Waals surface area contributed by atoms with Crippen LogP contribution in [0.1, 0.15) is 54.2 Å². The Bertz CT molecular complexity index is 695. The summed E-state index contributed by atoms with van der Waals surface area (Å²) in [4.78, 5) is 5.67. The summed E-state index contributed by atoms with van der Waals surface area (Å²) in [5.41, 5.74) is 3.06. The lowest BCUT2D eigenvalue weighted by Crippen LogP contribution is -2.23. The average Bonchev–Trinajstić information content (AvgIpc) is 3.10. The average molecular weight is 365 g/mol. The molecule has 0 unspecified atom stereocenters. The molecule has 25 heavy (non-hydrogen) atoms. The first-order valence-electron chi connectivity index (χ1n) is 8.87. The van der Waals surface area contributed by atoms with Gasteiger partial charge in [0.2, 0.25) is 0 Å². The number of likely N-dealkylation sites (N-methyl/N-ethyl adjacent to an activating group) is 1. The van der Waals surface area contributed by atoms with Crippen molar-refractivity contribution >= 4 is 11.5 Å². The molecule has 1 aliphatic heterocycles. The molecule has 0 amide bonds. The minimum Gasteiger partial charge on any atom is -0.385 e. The molecule has 0 aromatic carbocycles. The number of nitrogens with zero attached hydrogens (tertiary/aromatic N) is 6. The van der Waals surface area contributed by atoms with E-state index in [0.717, 1.165) is 44.0 Å². The van der Waals surface area contributed by atoms with Crippen LogP contribution in [-0.4, -0.2) is 61.5 Å². The maximum Gasteiger partial charge on any atom is 0.110 e. The van der Waals surface area contributed by atoms with E-state index < -0.39 is 6.10 Å². The zero-order chi connectivity index (χ0) is 18.0. The van der Waals surface area contributed by atoms with Crippen molar-refractivity contribution in [1.82, 2.24) is 29.2 Å². The van der Waals surface area contributed by atoms with E-state index in [4.69, 9.17) is 0 Å². The minimum atomic E-state index is -0.541. The fourth-order valence-electron chi connectivity index (χ4n) is 3.25. The van der Waals surface area contributed by atoms with Gasteiger partial charge in [-0.1, -0.05) is 18.3 Å². The summed E-state index contributed by atoms with van der Waals surface area (Å²) in [5.74, 6) is 0.402. The second-order valence-corrected chi connectivity index (χ2v) is 8.20. The van der Waals surface area contributed by atoms with Crippen molar-refractivity contribution < 1.29 is 5.11 Å². The van der Waals surface area contributed by atoms with Gasteiger partial charge in [-0.2, -0.15) is 5.10 Å². The first-order valence-corrected chi connectivity index (χ1v) is 9.64. The Morgan fingerprint density at radius 3 is 2.84 bits per heavy atom. The maximum absolute atomic E-state index is 10.3. The van der Waals surface area contributed by atoms with Gasteiger partial charge in [0.25, 0.3) is 0 Å². The molecule has 1 N–H and O–H groups in total. The molecule has 2 aromatic rings. The maximum atomic E-state index is 10.3. The molecule has 0 fully saturated rings. The Morgan fingerprint density at radius 2 is 2.12 bits per heavy atom. The van der Waals surface area contributed by atoms with Gasteiger partial charge in [-0.05, 0) is 44.0 Å². The van der Waals surface area contributed by atoms with E-state index in [9.17, 15) is 5.11 Å². The lowest BCUT2D eigenvalue weighted by Gasteiger charge is -2.19. The van der Waals surface area contributed by atoms with Crippen molar-refractivity contribution in [3.8, 4) is 0 Å². The molecule has 0 saturated carbocycles. The van der Waals surface area contributed by atoms with E-state index >= 15 is 0 Å². The fraction of sp³-hybridized carbons (Fsp3) is 0.706. The molecule has 3 heterocycles. The quantitative estimate of drug-likeness (QED) is 0.844. The Kier molecular flexibility index (Phi) is 5.83. The molecular formula is C17H28N6OS. The molecule has 0 radical (unpaired) electrons. The van der Waals surface area contributed by atoms with Gasteiger partial charge in [0, 0.05) is 32.7 Å². The third kappa shape index (κ3) is 4.44. The molecule has 0 saturated heterocycles. The highest BCUT2D eigenvalue weighted by atomic mass is 32.1. The van der Waals surface area contributed by atoms with Gasteiger partial charge in [0.05, 0.1) is 22.0 Å². The molecule has 0 spiro atoms. The summed E-state index contributed by atoms with van der Waals surface area (Å²) in [6, 6.07) is 2.06. The van der Waals surface area contributed by atoms with E-state index in [1.165, 1.54) is 22.1 Å². The summed E-state index contributed by atoms with van der Waals surface area (Å²) < 4.78 is 6.20. The number of aliphatic hydroxyl groups excluding tert-OH is 1. The highest BCUT2D eigenvalue weighted by Crippen LogP contribution is 2.24. The first-order chi connectivity index (χ1) is 11.9. The van der Waals surface area contributed by atoms with Gasteiger partial charge in [-0.15, -0.1) is 5.10 Å². The molecule has 138 valence electrons. The molecule has 1 aliphatic rings. The second-order valence-electron chi connectivity index (χ2n) is 7.36. The Balaban J connectivity index is 1.72. The SMILES string of the molecule is CC(C)c1nnsc1CN1CCCn2nc([C@@H](O)CN(C)C)cc2C1. The van der Waals surface area contributed by atoms with Gasteiger partial charge >= 0.3 is 0 Å². The largest absolute Gasteiger partial charge is 0.385 e. The highest BCUT2D eigenvalue weighted by Gasteiger charge is 2.22. The third-order valence-corrected chi connectivity index (χ3v) is 5.21. The number of hydrogen-bond acceptors (Lipinski definition) is 7. The molecule has 0 aliphatic carbocycles. The van der Waals surface area contributed by atoms with Crippen molar-refractivity contribution in [2.45, 2.75) is 51.9 Å². The summed E-state index contributed by atoms with van der Waals surface area (Å²) in [5, 5.41) is 19.3. The topological polar surface area (TPSA) is 70.3 Å². The molecule has 1 atom stereocenters. The number of aliphatic hydroxyl groups is 1. The number of rotatable bonds is 6. The molecule has 7 nitrogen and oxygen atoms in total. The van der Waals surface area contributed by atoms with Crippen LogP contribution < -0.4 is 0 Å². The summed E-state index contributed by atoms with van der Waals surface area (Å²) in [7, 11) is 3.92. The van der Waals surface area contributed by atoms with Crippen LogP contribution in [-0.2, 0) is 19.6 Å².